The van der Waals surface area contributed by atoms with Crippen molar-refractivity contribution in [1.29, 1.82) is 0 Å². The van der Waals surface area contributed by atoms with Gasteiger partial charge in [0.05, 0.1) is 16.8 Å². The quantitative estimate of drug-likeness (QED) is 0.369. The molecule has 4 atom stereocenters. The highest BCUT2D eigenvalue weighted by molar-refractivity contribution is 7.12. The van der Waals surface area contributed by atoms with Gasteiger partial charge >= 0.3 is 0 Å². The lowest BCUT2D eigenvalue weighted by atomic mass is 9.64. The molecule has 1 saturated heterocycles. The van der Waals surface area contributed by atoms with E-state index in [0.717, 1.165) is 16.8 Å². The van der Waals surface area contributed by atoms with Crippen LogP contribution >= 0.6 is 11.3 Å². The van der Waals surface area contributed by atoms with Crippen molar-refractivity contribution in [3.8, 4) is 0 Å². The minimum absolute atomic E-state index is 0.167. The van der Waals surface area contributed by atoms with Gasteiger partial charge in [0.1, 0.15) is 11.5 Å². The minimum atomic E-state index is -1.27. The highest BCUT2D eigenvalue weighted by Gasteiger charge is 2.70. The number of carbonyl (C=O) groups is 3. The first-order chi connectivity index (χ1) is 18.1. The highest BCUT2D eigenvalue weighted by Crippen LogP contribution is 2.58. The van der Waals surface area contributed by atoms with Crippen molar-refractivity contribution in [1.82, 2.24) is 0 Å². The molecule has 1 aromatic heterocycles. The van der Waals surface area contributed by atoms with Crippen molar-refractivity contribution in [3.05, 3.63) is 124 Å². The number of nitrogens with zero attached hydrogens (tertiary/aromatic N) is 1. The van der Waals surface area contributed by atoms with Gasteiger partial charge in [-0.1, -0.05) is 84.9 Å². The predicted octanol–water partition coefficient (Wildman–Crippen LogP) is 5.60. The van der Waals surface area contributed by atoms with Gasteiger partial charge in [-0.15, -0.1) is 11.3 Å². The molecule has 3 aromatic carbocycles. The summed E-state index contributed by atoms with van der Waals surface area (Å²) in [6, 6.07) is 26.7. The Kier molecular flexibility index (Phi) is 4.81. The molecule has 1 fully saturated rings. The molecule has 0 aliphatic carbocycles. The van der Waals surface area contributed by atoms with Crippen LogP contribution in [0.2, 0.25) is 0 Å². The molecule has 6 heteroatoms. The van der Waals surface area contributed by atoms with E-state index in [1.807, 2.05) is 95.2 Å². The summed E-state index contributed by atoms with van der Waals surface area (Å²) in [7, 11) is 0. The number of para-hydroxylation sites is 2. The number of anilines is 2. The highest BCUT2D eigenvalue weighted by atomic mass is 32.1. The average Bonchev–Trinajstić information content (AvgIpc) is 3.65. The van der Waals surface area contributed by atoms with Crippen LogP contribution in [0.4, 0.5) is 11.4 Å². The molecule has 5 nitrogen and oxygen atoms in total. The van der Waals surface area contributed by atoms with Crippen LogP contribution in [-0.4, -0.2) is 29.6 Å². The van der Waals surface area contributed by atoms with Crippen molar-refractivity contribution in [2.24, 2.45) is 5.92 Å². The summed E-state index contributed by atoms with van der Waals surface area (Å²) in [4.78, 5) is 45.6. The maximum absolute atomic E-state index is 14.5. The molecule has 3 aliphatic heterocycles. The Labute approximate surface area is 218 Å². The predicted molar refractivity (Wildman–Crippen MR) is 145 cm³/mol. The Bertz CT molecular complexity index is 1590. The smallest absolute Gasteiger partial charge is 0.238 e. The molecule has 0 radical (unpaired) electrons. The Morgan fingerprint density at radius 2 is 1.59 bits per heavy atom. The molecule has 4 aromatic rings. The molecule has 3 aliphatic rings. The van der Waals surface area contributed by atoms with Gasteiger partial charge in [0.25, 0.3) is 0 Å². The van der Waals surface area contributed by atoms with Gasteiger partial charge in [-0.05, 0) is 34.7 Å². The zero-order valence-corrected chi connectivity index (χ0v) is 20.5. The Morgan fingerprint density at radius 1 is 0.838 bits per heavy atom. The van der Waals surface area contributed by atoms with Crippen molar-refractivity contribution >= 4 is 46.3 Å². The van der Waals surface area contributed by atoms with Crippen LogP contribution in [0.5, 0.6) is 0 Å². The molecule has 1 amide bonds. The van der Waals surface area contributed by atoms with E-state index in [1.165, 1.54) is 11.3 Å². The number of Topliss-reactive ketones (excluding diaryl/α,β-unsaturated/α-hetero) is 2. The van der Waals surface area contributed by atoms with Gasteiger partial charge < -0.3 is 10.2 Å². The summed E-state index contributed by atoms with van der Waals surface area (Å²) in [6.07, 6.45) is 4.01. The van der Waals surface area contributed by atoms with E-state index < -0.39 is 23.4 Å². The molecule has 0 bridgehead atoms. The third kappa shape index (κ3) is 2.93. The van der Waals surface area contributed by atoms with Crippen LogP contribution < -0.4 is 10.2 Å². The van der Waals surface area contributed by atoms with E-state index in [1.54, 1.807) is 18.2 Å². The number of carbonyl (C=O) groups excluding carboxylic acids is 3. The van der Waals surface area contributed by atoms with Gasteiger partial charge in [-0.2, -0.15) is 0 Å². The van der Waals surface area contributed by atoms with Crippen LogP contribution in [0, 0.1) is 5.92 Å². The summed E-state index contributed by atoms with van der Waals surface area (Å²) in [5.74, 6) is -1.52. The van der Waals surface area contributed by atoms with Crippen molar-refractivity contribution < 1.29 is 14.4 Å². The molecule has 7 rings (SSSR count). The summed E-state index contributed by atoms with van der Waals surface area (Å²) < 4.78 is 0. The molecule has 0 saturated carbocycles. The fourth-order valence-corrected chi connectivity index (χ4v) is 7.17. The van der Waals surface area contributed by atoms with Gasteiger partial charge in [0.2, 0.25) is 5.91 Å². The summed E-state index contributed by atoms with van der Waals surface area (Å²) in [6.45, 7) is 0. The first-order valence-corrected chi connectivity index (χ1v) is 13.1. The zero-order chi connectivity index (χ0) is 25.1. The lowest BCUT2D eigenvalue weighted by Crippen LogP contribution is -2.51. The van der Waals surface area contributed by atoms with E-state index in [9.17, 15) is 14.4 Å². The number of nitrogens with one attached hydrogen (secondary N) is 1. The van der Waals surface area contributed by atoms with Gasteiger partial charge in [-0.3, -0.25) is 14.4 Å². The van der Waals surface area contributed by atoms with Crippen molar-refractivity contribution in [2.45, 2.75) is 17.5 Å². The van der Waals surface area contributed by atoms with Crippen LogP contribution in [0.15, 0.2) is 102 Å². The van der Waals surface area contributed by atoms with Crippen molar-refractivity contribution in [2.75, 3.05) is 10.2 Å². The Morgan fingerprint density at radius 3 is 2.41 bits per heavy atom. The Balaban J connectivity index is 1.55. The number of hydrogen-bond acceptors (Lipinski definition) is 5. The third-order valence-corrected chi connectivity index (χ3v) is 8.80. The number of ketones is 2. The largest absolute Gasteiger partial charge is 0.352 e. The number of hydrogen-bond donors (Lipinski definition) is 1. The van der Waals surface area contributed by atoms with Crippen LogP contribution in [-0.2, 0) is 10.2 Å². The number of thiophene rings is 1. The van der Waals surface area contributed by atoms with Crippen LogP contribution in [0.3, 0.4) is 0 Å². The third-order valence-electron chi connectivity index (χ3n) is 7.92. The first-order valence-electron chi connectivity index (χ1n) is 12.3. The summed E-state index contributed by atoms with van der Waals surface area (Å²) in [5, 5.41) is 4.91. The lowest BCUT2D eigenvalue weighted by molar-refractivity contribution is -0.121. The van der Waals surface area contributed by atoms with Gasteiger partial charge in [0.15, 0.2) is 11.6 Å². The first kappa shape index (κ1) is 21.9. The zero-order valence-electron chi connectivity index (χ0n) is 19.7. The molecule has 1 N–H and O–H groups in total. The molecule has 37 heavy (non-hydrogen) atoms. The normalized spacial score (nSPS) is 24.9. The van der Waals surface area contributed by atoms with Gasteiger partial charge in [-0.25, -0.2) is 0 Å². The van der Waals surface area contributed by atoms with E-state index in [4.69, 9.17) is 0 Å². The maximum atomic E-state index is 14.5. The number of amides is 1. The molecule has 4 heterocycles. The van der Waals surface area contributed by atoms with E-state index in [-0.39, 0.29) is 17.5 Å². The second-order valence-electron chi connectivity index (χ2n) is 9.63. The number of rotatable bonds is 4. The molecule has 1 spiro atoms. The minimum Gasteiger partial charge on any atom is -0.352 e. The maximum Gasteiger partial charge on any atom is 0.238 e. The van der Waals surface area contributed by atoms with Crippen LogP contribution in [0.1, 0.15) is 31.2 Å². The second kappa shape index (κ2) is 8.11. The monoisotopic (exact) mass is 502 g/mol. The van der Waals surface area contributed by atoms with Crippen LogP contribution in [0.25, 0.3) is 6.08 Å². The second-order valence-corrected chi connectivity index (χ2v) is 10.6. The van der Waals surface area contributed by atoms with E-state index in [0.29, 0.717) is 16.1 Å². The standard InChI is InChI=1S/C31H22N2O3S/c34-28(20-10-2-1-3-11-20)27-26(29(35)24-15-8-18-37-24)31(21-12-5-6-13-22(21)32-30(31)36)25-17-16-19-9-4-7-14-23(19)33(25)27/h1-18,25-27H,(H,32,36)/t25-,26+,27+,31-/m0/s1. The fourth-order valence-electron chi connectivity index (χ4n) is 6.46. The van der Waals surface area contributed by atoms with E-state index in [2.05, 4.69) is 5.32 Å². The number of fused-ring (bicyclic) bond motifs is 6. The van der Waals surface area contributed by atoms with Gasteiger partial charge in [0, 0.05) is 16.9 Å². The topological polar surface area (TPSA) is 66.5 Å². The lowest BCUT2D eigenvalue weighted by Gasteiger charge is -2.37. The molecular weight excluding hydrogens is 480 g/mol. The molecule has 180 valence electrons. The number of benzene rings is 3. The average molecular weight is 503 g/mol. The molecular formula is C31H22N2O3S. The molecule has 0 unspecified atom stereocenters. The van der Waals surface area contributed by atoms with Crippen molar-refractivity contribution in [3.63, 3.8) is 0 Å². The van der Waals surface area contributed by atoms with E-state index >= 15 is 0 Å². The summed E-state index contributed by atoms with van der Waals surface area (Å²) >= 11 is 1.34. The fraction of sp³-hybridized carbons (Fsp3) is 0.129. The SMILES string of the molecule is O=C(c1ccccc1)[C@H]1[C@H](C(=O)c2cccs2)[C@@]2(C(=O)Nc3ccccc32)[C@@H]2C=Cc3ccccc3N21. The summed E-state index contributed by atoms with van der Waals surface area (Å²) in [5.41, 5.74) is 2.51. The Hall–Kier alpha value is -4.29.